The molecule has 5 aromatic rings. The maximum Gasteiger partial charge on any atom is 0.254 e. The minimum Gasteiger partial charge on any atom is -0.457 e. The van der Waals surface area contributed by atoms with Crippen molar-refractivity contribution < 1.29 is 19.1 Å². The summed E-state index contributed by atoms with van der Waals surface area (Å²) in [6, 6.07) is 32.8. The summed E-state index contributed by atoms with van der Waals surface area (Å²) in [5.41, 5.74) is 2.86. The van der Waals surface area contributed by atoms with Gasteiger partial charge in [-0.05, 0) is 48.0 Å². The zero-order chi connectivity index (χ0) is 26.2. The minimum absolute atomic E-state index is 0.00399. The van der Waals surface area contributed by atoms with E-state index >= 15 is 0 Å². The third kappa shape index (κ3) is 6.27. The fourth-order valence-corrected chi connectivity index (χ4v) is 4.01. The van der Waals surface area contributed by atoms with Crippen molar-refractivity contribution in [3.8, 4) is 11.5 Å². The molecule has 5 rings (SSSR count). The fraction of sp³-hybridized carbons (Fsp3) is 0.0968. The Kier molecular flexibility index (Phi) is 7.77. The monoisotopic (exact) mass is 505 g/mol. The molecule has 1 aromatic heterocycles. The molecule has 0 spiro atoms. The molecular weight excluding hydrogens is 478 g/mol. The Morgan fingerprint density at radius 2 is 1.42 bits per heavy atom. The molecule has 7 heteroatoms. The first-order valence-corrected chi connectivity index (χ1v) is 12.3. The zero-order valence-electron chi connectivity index (χ0n) is 20.6. The first-order valence-electron chi connectivity index (χ1n) is 12.3. The summed E-state index contributed by atoms with van der Waals surface area (Å²) < 4.78 is 11.6. The van der Waals surface area contributed by atoms with Crippen LogP contribution >= 0.6 is 0 Å². The van der Waals surface area contributed by atoms with Crippen LogP contribution in [0.4, 0.5) is 5.69 Å². The molecule has 0 radical (unpaired) electrons. The van der Waals surface area contributed by atoms with Crippen LogP contribution in [-0.2, 0) is 16.1 Å². The van der Waals surface area contributed by atoms with Crippen LogP contribution in [0.2, 0.25) is 0 Å². The number of rotatable bonds is 10. The molecular formula is C31H27N3O4. The highest BCUT2D eigenvalue weighted by Crippen LogP contribution is 2.23. The quantitative estimate of drug-likeness (QED) is 0.220. The average molecular weight is 506 g/mol. The van der Waals surface area contributed by atoms with E-state index in [-0.39, 0.29) is 18.4 Å². The Hall–Kier alpha value is -4.88. The van der Waals surface area contributed by atoms with Crippen LogP contribution in [-0.4, -0.2) is 29.4 Å². The number of H-pyrrole nitrogens is 1. The maximum absolute atomic E-state index is 13.3. The lowest BCUT2D eigenvalue weighted by molar-refractivity contribution is -0.119. The van der Waals surface area contributed by atoms with Crippen molar-refractivity contribution in [3.05, 3.63) is 127 Å². The lowest BCUT2D eigenvalue weighted by Crippen LogP contribution is -2.46. The highest BCUT2D eigenvalue weighted by Gasteiger charge is 2.23. The van der Waals surface area contributed by atoms with Crippen LogP contribution in [0.25, 0.3) is 10.9 Å². The molecule has 1 heterocycles. The predicted molar refractivity (Wildman–Crippen MR) is 147 cm³/mol. The molecule has 1 atom stereocenters. The van der Waals surface area contributed by atoms with Gasteiger partial charge in [0.25, 0.3) is 5.91 Å². The van der Waals surface area contributed by atoms with Gasteiger partial charge in [0.2, 0.25) is 5.91 Å². The number of carbonyl (C=O) groups excluding carboxylic acids is 2. The number of fused-ring (bicyclic) bond motifs is 1. The van der Waals surface area contributed by atoms with E-state index in [9.17, 15) is 9.59 Å². The molecule has 0 aliphatic rings. The molecule has 0 saturated heterocycles. The summed E-state index contributed by atoms with van der Waals surface area (Å²) in [7, 11) is 0. The van der Waals surface area contributed by atoms with Crippen molar-refractivity contribution in [2.75, 3.05) is 11.9 Å². The van der Waals surface area contributed by atoms with Crippen molar-refractivity contribution in [3.63, 3.8) is 0 Å². The van der Waals surface area contributed by atoms with Crippen molar-refractivity contribution in [2.45, 2.75) is 12.6 Å². The van der Waals surface area contributed by atoms with E-state index in [1.807, 2.05) is 84.9 Å². The van der Waals surface area contributed by atoms with Gasteiger partial charge in [0.05, 0.1) is 18.8 Å². The van der Waals surface area contributed by atoms with Gasteiger partial charge < -0.3 is 25.1 Å². The van der Waals surface area contributed by atoms with E-state index in [1.165, 1.54) is 0 Å². The minimum atomic E-state index is -0.917. The van der Waals surface area contributed by atoms with E-state index in [1.54, 1.807) is 30.5 Å². The van der Waals surface area contributed by atoms with Crippen LogP contribution < -0.4 is 15.4 Å². The maximum atomic E-state index is 13.3. The number of hydrogen-bond acceptors (Lipinski definition) is 4. The first-order chi connectivity index (χ1) is 18.7. The standard InChI is InChI=1S/C31H27N3O4/c35-30(27-19-32-28-14-8-7-13-26(27)28)34-29(21-37-20-22-9-3-1-4-10-22)31(36)33-23-15-17-25(18-16-23)38-24-11-5-2-6-12-24/h1-19,29,32H,20-21H2,(H,33,36)(H,34,35). The van der Waals surface area contributed by atoms with Crippen molar-refractivity contribution in [2.24, 2.45) is 0 Å². The van der Waals surface area contributed by atoms with Gasteiger partial charge in [-0.3, -0.25) is 9.59 Å². The third-order valence-electron chi connectivity index (χ3n) is 5.95. The van der Waals surface area contributed by atoms with E-state index in [0.29, 0.717) is 23.6 Å². The average Bonchev–Trinajstić information content (AvgIpc) is 3.39. The summed E-state index contributed by atoms with van der Waals surface area (Å²) in [5, 5.41) is 6.49. The summed E-state index contributed by atoms with van der Waals surface area (Å²) in [6.45, 7) is 0.323. The lowest BCUT2D eigenvalue weighted by atomic mass is 10.1. The van der Waals surface area contributed by atoms with E-state index in [4.69, 9.17) is 9.47 Å². The normalized spacial score (nSPS) is 11.6. The second-order valence-electron chi connectivity index (χ2n) is 8.70. The van der Waals surface area contributed by atoms with E-state index in [2.05, 4.69) is 15.6 Å². The lowest BCUT2D eigenvalue weighted by Gasteiger charge is -2.19. The number of aromatic amines is 1. The van der Waals surface area contributed by atoms with Gasteiger partial charge in [0.15, 0.2) is 0 Å². The number of nitrogens with one attached hydrogen (secondary N) is 3. The first kappa shape index (κ1) is 24.8. The summed E-state index contributed by atoms with van der Waals surface area (Å²) in [6.07, 6.45) is 1.64. The molecule has 4 aromatic carbocycles. The molecule has 0 aliphatic heterocycles. The SMILES string of the molecule is O=C(NC(COCc1ccccc1)C(=O)Nc1ccc(Oc2ccccc2)cc1)c1c[nH]c2ccccc12. The number of aromatic nitrogens is 1. The van der Waals surface area contributed by atoms with Gasteiger partial charge in [-0.2, -0.15) is 0 Å². The molecule has 0 saturated carbocycles. The molecule has 0 fully saturated rings. The summed E-state index contributed by atoms with van der Waals surface area (Å²) >= 11 is 0. The van der Waals surface area contributed by atoms with Gasteiger partial charge in [-0.25, -0.2) is 0 Å². The van der Waals surface area contributed by atoms with E-state index in [0.717, 1.165) is 22.2 Å². The second-order valence-corrected chi connectivity index (χ2v) is 8.70. The van der Waals surface area contributed by atoms with Crippen molar-refractivity contribution in [1.29, 1.82) is 0 Å². The molecule has 1 unspecified atom stereocenters. The number of ether oxygens (including phenoxy) is 2. The number of anilines is 1. The van der Waals surface area contributed by atoms with Crippen LogP contribution in [0.5, 0.6) is 11.5 Å². The van der Waals surface area contributed by atoms with Crippen LogP contribution in [0, 0.1) is 0 Å². The van der Waals surface area contributed by atoms with Gasteiger partial charge in [0.1, 0.15) is 17.5 Å². The smallest absolute Gasteiger partial charge is 0.254 e. The number of amides is 2. The van der Waals surface area contributed by atoms with Gasteiger partial charge in [-0.1, -0.05) is 66.7 Å². The summed E-state index contributed by atoms with van der Waals surface area (Å²) in [4.78, 5) is 29.5. The Morgan fingerprint density at radius 1 is 0.763 bits per heavy atom. The zero-order valence-corrected chi connectivity index (χ0v) is 20.6. The Morgan fingerprint density at radius 3 is 2.18 bits per heavy atom. The number of carbonyl (C=O) groups is 2. The topological polar surface area (TPSA) is 92.4 Å². The Labute approximate surface area is 220 Å². The highest BCUT2D eigenvalue weighted by atomic mass is 16.5. The third-order valence-corrected chi connectivity index (χ3v) is 5.95. The Balaban J connectivity index is 1.27. The molecule has 2 amide bonds. The molecule has 0 bridgehead atoms. The predicted octanol–water partition coefficient (Wildman–Crippen LogP) is 5.91. The molecule has 3 N–H and O–H groups in total. The fourth-order valence-electron chi connectivity index (χ4n) is 4.01. The van der Waals surface area contributed by atoms with Crippen LogP contribution in [0.15, 0.2) is 115 Å². The molecule has 0 aliphatic carbocycles. The van der Waals surface area contributed by atoms with E-state index < -0.39 is 6.04 Å². The Bertz CT molecular complexity index is 1500. The largest absolute Gasteiger partial charge is 0.457 e. The summed E-state index contributed by atoms with van der Waals surface area (Å²) in [5.74, 6) is 0.616. The number of benzene rings is 4. The van der Waals surface area contributed by atoms with Crippen LogP contribution in [0.1, 0.15) is 15.9 Å². The number of hydrogen-bond donors (Lipinski definition) is 3. The number of para-hydroxylation sites is 2. The molecule has 38 heavy (non-hydrogen) atoms. The second kappa shape index (κ2) is 11.9. The van der Waals surface area contributed by atoms with Crippen LogP contribution in [0.3, 0.4) is 0 Å². The van der Waals surface area contributed by atoms with Gasteiger partial charge in [-0.15, -0.1) is 0 Å². The molecule has 7 nitrogen and oxygen atoms in total. The van der Waals surface area contributed by atoms with Crippen molar-refractivity contribution >= 4 is 28.4 Å². The van der Waals surface area contributed by atoms with Gasteiger partial charge in [0, 0.05) is 22.8 Å². The van der Waals surface area contributed by atoms with Gasteiger partial charge >= 0.3 is 0 Å². The highest BCUT2D eigenvalue weighted by molar-refractivity contribution is 6.08. The van der Waals surface area contributed by atoms with Crippen molar-refractivity contribution in [1.82, 2.24) is 10.3 Å². The molecule has 190 valence electrons.